The molecule has 0 atom stereocenters. The second-order valence-corrected chi connectivity index (χ2v) is 5.85. The summed E-state index contributed by atoms with van der Waals surface area (Å²) in [4.78, 5) is 23.3. The summed E-state index contributed by atoms with van der Waals surface area (Å²) in [5, 5.41) is 2.92. The molecule has 0 aromatic carbocycles. The predicted octanol–water partition coefficient (Wildman–Crippen LogP) is 1.34. The van der Waals surface area contributed by atoms with Crippen LogP contribution in [0.5, 0.6) is 0 Å². The maximum absolute atomic E-state index is 11.8. The summed E-state index contributed by atoms with van der Waals surface area (Å²) in [5.41, 5.74) is 5.28. The number of carbonyl (C=O) groups excluding carboxylic acids is 2. The van der Waals surface area contributed by atoms with E-state index in [9.17, 15) is 9.59 Å². The molecule has 4 heteroatoms. The van der Waals surface area contributed by atoms with E-state index >= 15 is 0 Å². The van der Waals surface area contributed by atoms with Gasteiger partial charge in [-0.25, -0.2) is 0 Å². The Balaban J connectivity index is 1.95. The molecule has 0 heterocycles. The van der Waals surface area contributed by atoms with E-state index in [2.05, 4.69) is 5.32 Å². The Morgan fingerprint density at radius 1 is 1.24 bits per heavy atom. The first-order chi connectivity index (χ1) is 8.02. The van der Waals surface area contributed by atoms with Gasteiger partial charge in [-0.1, -0.05) is 6.92 Å². The van der Waals surface area contributed by atoms with Crippen LogP contribution < -0.4 is 11.1 Å². The van der Waals surface area contributed by atoms with Crippen molar-refractivity contribution in [1.82, 2.24) is 5.32 Å². The number of fused-ring (bicyclic) bond motifs is 2. The van der Waals surface area contributed by atoms with Gasteiger partial charge in [-0.3, -0.25) is 9.59 Å². The molecule has 2 aliphatic rings. The van der Waals surface area contributed by atoms with Crippen molar-refractivity contribution in [1.29, 1.82) is 0 Å². The van der Waals surface area contributed by atoms with Crippen LogP contribution in [0.2, 0.25) is 0 Å². The molecule has 0 unspecified atom stereocenters. The molecule has 2 bridgehead atoms. The molecule has 0 aromatic rings. The van der Waals surface area contributed by atoms with E-state index in [0.717, 1.165) is 45.1 Å². The number of hydrogen-bond acceptors (Lipinski definition) is 2. The van der Waals surface area contributed by atoms with Crippen LogP contribution in [-0.4, -0.2) is 18.4 Å². The molecule has 17 heavy (non-hydrogen) atoms. The lowest BCUT2D eigenvalue weighted by Gasteiger charge is -2.26. The molecule has 2 aliphatic carbocycles. The Labute approximate surface area is 102 Å². The molecule has 0 saturated heterocycles. The highest BCUT2D eigenvalue weighted by Crippen LogP contribution is 2.62. The number of nitrogens with two attached hydrogens (primary N) is 1. The van der Waals surface area contributed by atoms with Crippen molar-refractivity contribution in [2.45, 2.75) is 51.9 Å². The molecule has 0 aromatic heterocycles. The average molecular weight is 238 g/mol. The molecule has 2 saturated carbocycles. The van der Waals surface area contributed by atoms with Gasteiger partial charge >= 0.3 is 0 Å². The van der Waals surface area contributed by atoms with Crippen LogP contribution in [0, 0.1) is 10.8 Å². The lowest BCUT2D eigenvalue weighted by molar-refractivity contribution is -0.127. The summed E-state index contributed by atoms with van der Waals surface area (Å²) in [6, 6.07) is 0. The van der Waals surface area contributed by atoms with Crippen LogP contribution in [0.1, 0.15) is 51.9 Å². The molecule has 3 N–H and O–H groups in total. The summed E-state index contributed by atoms with van der Waals surface area (Å²) < 4.78 is 0. The number of amides is 2. The van der Waals surface area contributed by atoms with Gasteiger partial charge in [0.25, 0.3) is 0 Å². The second kappa shape index (κ2) is 4.31. The highest BCUT2D eigenvalue weighted by molar-refractivity contribution is 5.83. The van der Waals surface area contributed by atoms with Crippen LogP contribution >= 0.6 is 0 Å². The number of primary amides is 1. The Bertz CT molecular complexity index is 330. The molecule has 2 fully saturated rings. The van der Waals surface area contributed by atoms with Crippen LogP contribution in [0.25, 0.3) is 0 Å². The average Bonchev–Trinajstić information content (AvgIpc) is 2.83. The van der Waals surface area contributed by atoms with Gasteiger partial charge in [0.05, 0.1) is 0 Å². The van der Waals surface area contributed by atoms with Gasteiger partial charge in [0.2, 0.25) is 11.8 Å². The molecule has 4 nitrogen and oxygen atoms in total. The summed E-state index contributed by atoms with van der Waals surface area (Å²) in [6.45, 7) is 2.79. The van der Waals surface area contributed by atoms with Crippen molar-refractivity contribution < 1.29 is 9.59 Å². The minimum atomic E-state index is -0.287. The summed E-state index contributed by atoms with van der Waals surface area (Å²) in [6.07, 6.45) is 6.08. The fourth-order valence-electron chi connectivity index (χ4n) is 3.57. The normalized spacial score (nSPS) is 34.9. The predicted molar refractivity (Wildman–Crippen MR) is 65.1 cm³/mol. The Morgan fingerprint density at radius 2 is 1.88 bits per heavy atom. The maximum atomic E-state index is 11.8. The Kier molecular flexibility index (Phi) is 3.15. The zero-order valence-corrected chi connectivity index (χ0v) is 10.6. The lowest BCUT2D eigenvalue weighted by Crippen LogP contribution is -2.32. The standard InChI is InChI=1S/C13H22N2O2/c1-2-7-15-10(16)8-12-3-5-13(9-12,6-4-12)11(14)17/h2-9H2,1H3,(H2,14,17)(H,15,16). The summed E-state index contributed by atoms with van der Waals surface area (Å²) >= 11 is 0. The monoisotopic (exact) mass is 238 g/mol. The van der Waals surface area contributed by atoms with Gasteiger partial charge in [0, 0.05) is 18.4 Å². The molecule has 2 amide bonds. The number of rotatable bonds is 5. The second-order valence-electron chi connectivity index (χ2n) is 5.85. The molecule has 0 aliphatic heterocycles. The van der Waals surface area contributed by atoms with Gasteiger partial charge in [0.15, 0.2) is 0 Å². The first-order valence-corrected chi connectivity index (χ1v) is 6.59. The van der Waals surface area contributed by atoms with Gasteiger partial charge in [-0.15, -0.1) is 0 Å². The van der Waals surface area contributed by atoms with E-state index in [-0.39, 0.29) is 22.6 Å². The highest BCUT2D eigenvalue weighted by Gasteiger charge is 2.57. The third kappa shape index (κ3) is 2.17. The van der Waals surface area contributed by atoms with Crippen molar-refractivity contribution in [2.75, 3.05) is 6.54 Å². The SMILES string of the molecule is CCCNC(=O)CC12CCC(C(N)=O)(CC1)C2. The topological polar surface area (TPSA) is 72.2 Å². The van der Waals surface area contributed by atoms with E-state index in [1.165, 1.54) is 0 Å². The number of carbonyl (C=O) groups is 2. The van der Waals surface area contributed by atoms with Crippen LogP contribution in [0.3, 0.4) is 0 Å². The largest absolute Gasteiger partial charge is 0.369 e. The van der Waals surface area contributed by atoms with Gasteiger partial charge in [-0.2, -0.15) is 0 Å². The van der Waals surface area contributed by atoms with Crippen LogP contribution in [-0.2, 0) is 9.59 Å². The first kappa shape index (κ1) is 12.4. The minimum absolute atomic E-state index is 0.0624. The van der Waals surface area contributed by atoms with Crippen LogP contribution in [0.15, 0.2) is 0 Å². The summed E-state index contributed by atoms with van der Waals surface area (Å²) in [5.74, 6) is -0.0279. The Morgan fingerprint density at radius 3 is 2.35 bits per heavy atom. The van der Waals surface area contributed by atoms with Crippen molar-refractivity contribution in [3.8, 4) is 0 Å². The lowest BCUT2D eigenvalue weighted by atomic mass is 9.80. The third-order valence-electron chi connectivity index (χ3n) is 4.61. The van der Waals surface area contributed by atoms with E-state index in [1.54, 1.807) is 0 Å². The molecule has 0 spiro atoms. The van der Waals surface area contributed by atoms with Crippen LogP contribution in [0.4, 0.5) is 0 Å². The fraction of sp³-hybridized carbons (Fsp3) is 0.846. The van der Waals surface area contributed by atoms with Crippen molar-refractivity contribution >= 4 is 11.8 Å². The van der Waals surface area contributed by atoms with Gasteiger partial charge in [-0.05, 0) is 43.9 Å². The van der Waals surface area contributed by atoms with E-state index in [4.69, 9.17) is 5.73 Å². The number of hydrogen-bond donors (Lipinski definition) is 2. The van der Waals surface area contributed by atoms with E-state index < -0.39 is 0 Å². The first-order valence-electron chi connectivity index (χ1n) is 6.59. The molecule has 96 valence electrons. The minimum Gasteiger partial charge on any atom is -0.369 e. The third-order valence-corrected chi connectivity index (χ3v) is 4.61. The molecular formula is C13H22N2O2. The van der Waals surface area contributed by atoms with Gasteiger partial charge in [0.1, 0.15) is 0 Å². The maximum Gasteiger partial charge on any atom is 0.223 e. The molecular weight excluding hydrogens is 216 g/mol. The van der Waals surface area contributed by atoms with Crippen molar-refractivity contribution in [3.05, 3.63) is 0 Å². The fourth-order valence-corrected chi connectivity index (χ4v) is 3.57. The van der Waals surface area contributed by atoms with E-state index in [1.807, 2.05) is 6.92 Å². The van der Waals surface area contributed by atoms with Gasteiger partial charge < -0.3 is 11.1 Å². The Hall–Kier alpha value is -1.06. The number of nitrogens with one attached hydrogen (secondary N) is 1. The molecule has 2 rings (SSSR count). The zero-order valence-electron chi connectivity index (χ0n) is 10.6. The van der Waals surface area contributed by atoms with Crippen molar-refractivity contribution in [2.24, 2.45) is 16.6 Å². The van der Waals surface area contributed by atoms with Crippen molar-refractivity contribution in [3.63, 3.8) is 0 Å². The summed E-state index contributed by atoms with van der Waals surface area (Å²) in [7, 11) is 0. The zero-order chi connectivity index (χ0) is 12.5. The smallest absolute Gasteiger partial charge is 0.223 e. The quantitative estimate of drug-likeness (QED) is 0.758. The molecule has 0 radical (unpaired) electrons. The van der Waals surface area contributed by atoms with E-state index in [0.29, 0.717) is 6.42 Å². The highest BCUT2D eigenvalue weighted by atomic mass is 16.2.